The number of rotatable bonds is 6. The highest BCUT2D eigenvalue weighted by Gasteiger charge is 2.05. The van der Waals surface area contributed by atoms with Crippen molar-refractivity contribution in [3.8, 4) is 0 Å². The number of aromatic nitrogens is 3. The molecule has 2 rings (SSSR count). The van der Waals surface area contributed by atoms with Crippen LogP contribution in [0.25, 0.3) is 0 Å². The van der Waals surface area contributed by atoms with Crippen LogP contribution in [0.3, 0.4) is 0 Å². The molecule has 0 saturated carbocycles. The van der Waals surface area contributed by atoms with E-state index in [0.29, 0.717) is 24.0 Å². The Morgan fingerprint density at radius 2 is 2.10 bits per heavy atom. The molecule has 0 unspecified atom stereocenters. The van der Waals surface area contributed by atoms with E-state index in [1.54, 1.807) is 0 Å². The number of thioether (sulfide) groups is 1. The van der Waals surface area contributed by atoms with Gasteiger partial charge in [0.25, 0.3) is 0 Å². The highest BCUT2D eigenvalue weighted by Crippen LogP contribution is 2.21. The van der Waals surface area contributed by atoms with Gasteiger partial charge in [0.2, 0.25) is 5.91 Å². The van der Waals surface area contributed by atoms with Crippen LogP contribution in [0, 0.1) is 0 Å². The second-order valence-electron chi connectivity index (χ2n) is 4.72. The number of nitrogens with zero attached hydrogens (tertiary/aromatic N) is 2. The van der Waals surface area contributed by atoms with Gasteiger partial charge in [0, 0.05) is 4.90 Å². The van der Waals surface area contributed by atoms with E-state index in [1.165, 1.54) is 23.7 Å². The van der Waals surface area contributed by atoms with Crippen molar-refractivity contribution in [2.45, 2.75) is 31.2 Å². The maximum atomic E-state index is 11.7. The number of hydrogen-bond acceptors (Lipinski definition) is 4. The molecule has 1 amide bonds. The lowest BCUT2D eigenvalue weighted by Gasteiger charge is -2.07. The number of amides is 1. The molecule has 20 heavy (non-hydrogen) atoms. The van der Waals surface area contributed by atoms with E-state index in [4.69, 9.17) is 0 Å². The summed E-state index contributed by atoms with van der Waals surface area (Å²) in [5.74, 6) is 1.57. The van der Waals surface area contributed by atoms with Crippen LogP contribution >= 0.6 is 11.8 Å². The van der Waals surface area contributed by atoms with Crippen molar-refractivity contribution in [3.05, 3.63) is 42.0 Å². The molecule has 0 bridgehead atoms. The predicted molar refractivity (Wildman–Crippen MR) is 79.5 cm³/mol. The lowest BCUT2D eigenvalue weighted by molar-refractivity contribution is -0.118. The monoisotopic (exact) mass is 290 g/mol. The van der Waals surface area contributed by atoms with E-state index in [-0.39, 0.29) is 5.91 Å². The maximum Gasteiger partial charge on any atom is 0.230 e. The summed E-state index contributed by atoms with van der Waals surface area (Å²) in [6.07, 6.45) is 1.42. The number of aromatic amines is 1. The Balaban J connectivity index is 1.75. The smallest absolute Gasteiger partial charge is 0.230 e. The molecule has 2 aromatic rings. The first-order chi connectivity index (χ1) is 9.65. The number of benzene rings is 1. The van der Waals surface area contributed by atoms with Gasteiger partial charge in [-0.25, -0.2) is 4.98 Å². The normalized spacial score (nSPS) is 10.8. The molecule has 1 aromatic carbocycles. The summed E-state index contributed by atoms with van der Waals surface area (Å²) in [6, 6.07) is 8.34. The van der Waals surface area contributed by atoms with E-state index in [1.807, 2.05) is 0 Å². The summed E-state index contributed by atoms with van der Waals surface area (Å²) in [4.78, 5) is 16.7. The molecule has 0 radical (unpaired) electrons. The summed E-state index contributed by atoms with van der Waals surface area (Å²) in [5.41, 5.74) is 1.31. The van der Waals surface area contributed by atoms with Gasteiger partial charge in [0.05, 0.1) is 12.3 Å². The number of H-pyrrole nitrogens is 1. The molecule has 0 aliphatic rings. The predicted octanol–water partition coefficient (Wildman–Crippen LogP) is 2.34. The number of hydrogen-bond donors (Lipinski definition) is 2. The maximum absolute atomic E-state index is 11.7. The van der Waals surface area contributed by atoms with Crippen LogP contribution < -0.4 is 5.32 Å². The molecule has 2 N–H and O–H groups in total. The van der Waals surface area contributed by atoms with Crippen molar-refractivity contribution in [2.24, 2.45) is 0 Å². The Morgan fingerprint density at radius 3 is 2.70 bits per heavy atom. The topological polar surface area (TPSA) is 70.7 Å². The fourth-order valence-electron chi connectivity index (χ4n) is 1.65. The van der Waals surface area contributed by atoms with Crippen molar-refractivity contribution < 1.29 is 4.79 Å². The van der Waals surface area contributed by atoms with Crippen molar-refractivity contribution in [3.63, 3.8) is 0 Å². The Labute approximate surface area is 122 Å². The van der Waals surface area contributed by atoms with Gasteiger partial charge in [-0.3, -0.25) is 9.89 Å². The lowest BCUT2D eigenvalue weighted by atomic mass is 10.0. The molecule has 1 heterocycles. The molecule has 0 saturated heterocycles. The van der Waals surface area contributed by atoms with Crippen LogP contribution in [-0.4, -0.2) is 26.8 Å². The first-order valence-corrected chi connectivity index (χ1v) is 7.47. The average molecular weight is 290 g/mol. The average Bonchev–Trinajstić information content (AvgIpc) is 2.96. The first kappa shape index (κ1) is 14.6. The lowest BCUT2D eigenvalue weighted by Crippen LogP contribution is -2.25. The van der Waals surface area contributed by atoms with E-state index >= 15 is 0 Å². The zero-order valence-electron chi connectivity index (χ0n) is 11.6. The van der Waals surface area contributed by atoms with Gasteiger partial charge in [-0.15, -0.1) is 11.8 Å². The van der Waals surface area contributed by atoms with Crippen molar-refractivity contribution in [1.29, 1.82) is 0 Å². The minimum atomic E-state index is -0.0145. The van der Waals surface area contributed by atoms with Crippen LogP contribution in [-0.2, 0) is 11.3 Å². The van der Waals surface area contributed by atoms with E-state index in [2.05, 4.69) is 58.6 Å². The first-order valence-electron chi connectivity index (χ1n) is 6.49. The standard InChI is InChI=1S/C14H18N4OS/c1-10(2)11-3-5-12(6-4-11)20-8-14(19)15-7-13-16-9-17-18-13/h3-6,9-10H,7-8H2,1-2H3,(H,15,19)(H,16,17,18). The molecule has 106 valence electrons. The van der Waals surface area contributed by atoms with Gasteiger partial charge in [-0.2, -0.15) is 5.10 Å². The van der Waals surface area contributed by atoms with Crippen LogP contribution in [0.1, 0.15) is 31.2 Å². The summed E-state index contributed by atoms with van der Waals surface area (Å²) in [7, 11) is 0. The zero-order valence-corrected chi connectivity index (χ0v) is 12.4. The quantitative estimate of drug-likeness (QED) is 0.801. The molecule has 0 spiro atoms. The van der Waals surface area contributed by atoms with Crippen LogP contribution in [0.4, 0.5) is 0 Å². The largest absolute Gasteiger partial charge is 0.348 e. The van der Waals surface area contributed by atoms with E-state index in [9.17, 15) is 4.79 Å². The fraction of sp³-hybridized carbons (Fsp3) is 0.357. The molecule has 0 fully saturated rings. The molecule has 6 heteroatoms. The second-order valence-corrected chi connectivity index (χ2v) is 5.77. The van der Waals surface area contributed by atoms with Crippen molar-refractivity contribution >= 4 is 17.7 Å². The number of carbonyl (C=O) groups is 1. The third kappa shape index (κ3) is 4.38. The van der Waals surface area contributed by atoms with E-state index in [0.717, 1.165) is 4.90 Å². The molecule has 0 atom stereocenters. The highest BCUT2D eigenvalue weighted by atomic mass is 32.2. The molecular weight excluding hydrogens is 272 g/mol. The number of carbonyl (C=O) groups excluding carboxylic acids is 1. The Hall–Kier alpha value is -1.82. The molecule has 5 nitrogen and oxygen atoms in total. The fourth-order valence-corrected chi connectivity index (χ4v) is 2.38. The summed E-state index contributed by atoms with van der Waals surface area (Å²) in [5, 5.41) is 9.22. The Morgan fingerprint density at radius 1 is 1.35 bits per heavy atom. The van der Waals surface area contributed by atoms with Crippen molar-refractivity contribution in [2.75, 3.05) is 5.75 Å². The SMILES string of the molecule is CC(C)c1ccc(SCC(=O)NCc2ncn[nH]2)cc1. The Bertz CT molecular complexity index is 537. The summed E-state index contributed by atoms with van der Waals surface area (Å²) < 4.78 is 0. The minimum Gasteiger partial charge on any atom is -0.348 e. The zero-order chi connectivity index (χ0) is 14.4. The van der Waals surface area contributed by atoms with Gasteiger partial charge in [-0.05, 0) is 23.6 Å². The molecule has 1 aromatic heterocycles. The van der Waals surface area contributed by atoms with Crippen LogP contribution in [0.15, 0.2) is 35.5 Å². The third-order valence-corrected chi connectivity index (χ3v) is 3.85. The van der Waals surface area contributed by atoms with Crippen LogP contribution in [0.2, 0.25) is 0 Å². The van der Waals surface area contributed by atoms with Gasteiger partial charge >= 0.3 is 0 Å². The van der Waals surface area contributed by atoms with Gasteiger partial charge in [0.1, 0.15) is 12.2 Å². The van der Waals surface area contributed by atoms with Crippen molar-refractivity contribution in [1.82, 2.24) is 20.5 Å². The molecule has 0 aliphatic carbocycles. The van der Waals surface area contributed by atoms with Gasteiger partial charge in [-0.1, -0.05) is 26.0 Å². The highest BCUT2D eigenvalue weighted by molar-refractivity contribution is 8.00. The second kappa shape index (κ2) is 7.09. The molecule has 0 aliphatic heterocycles. The Kier molecular flexibility index (Phi) is 5.17. The van der Waals surface area contributed by atoms with Crippen LogP contribution in [0.5, 0.6) is 0 Å². The summed E-state index contributed by atoms with van der Waals surface area (Å²) >= 11 is 1.53. The van der Waals surface area contributed by atoms with Gasteiger partial charge < -0.3 is 5.32 Å². The van der Waals surface area contributed by atoms with Gasteiger partial charge in [0.15, 0.2) is 0 Å². The minimum absolute atomic E-state index is 0.0145. The van der Waals surface area contributed by atoms with E-state index < -0.39 is 0 Å². The number of nitrogens with one attached hydrogen (secondary N) is 2. The third-order valence-electron chi connectivity index (χ3n) is 2.83. The molecular formula is C14H18N4OS. The summed E-state index contributed by atoms with van der Waals surface area (Å²) in [6.45, 7) is 4.71.